The van der Waals surface area contributed by atoms with Crippen LogP contribution in [0.15, 0.2) is 46.9 Å². The Bertz CT molecular complexity index is 794. The molecule has 0 aliphatic heterocycles. The molecule has 124 valence electrons. The summed E-state index contributed by atoms with van der Waals surface area (Å²) in [4.78, 5) is 31.9. The van der Waals surface area contributed by atoms with Gasteiger partial charge in [0.05, 0.1) is 15.5 Å². The van der Waals surface area contributed by atoms with Crippen molar-refractivity contribution >= 4 is 38.9 Å². The molecule has 0 spiro atoms. The van der Waals surface area contributed by atoms with E-state index in [4.69, 9.17) is 4.74 Å². The van der Waals surface area contributed by atoms with Crippen LogP contribution in [0.5, 0.6) is 5.75 Å². The van der Waals surface area contributed by atoms with E-state index in [0.717, 1.165) is 0 Å². The molecule has 2 aromatic carbocycles. The van der Waals surface area contributed by atoms with Gasteiger partial charge in [0, 0.05) is 28.7 Å². The van der Waals surface area contributed by atoms with Crippen molar-refractivity contribution in [1.82, 2.24) is 0 Å². The maximum Gasteiger partial charge on any atom is 0.270 e. The molecule has 0 atom stereocenters. The summed E-state index contributed by atoms with van der Waals surface area (Å²) >= 11 is 3.14. The molecule has 24 heavy (non-hydrogen) atoms. The number of nitro benzene ring substituents is 2. The molecule has 0 radical (unpaired) electrons. The molecule has 0 aromatic heterocycles. The van der Waals surface area contributed by atoms with Gasteiger partial charge in [-0.15, -0.1) is 0 Å². The number of anilines is 1. The first-order chi connectivity index (χ1) is 11.4. The number of amides is 1. The van der Waals surface area contributed by atoms with Gasteiger partial charge in [-0.1, -0.05) is 0 Å². The number of nitrogens with zero attached hydrogens (tertiary/aromatic N) is 2. The summed E-state index contributed by atoms with van der Waals surface area (Å²) in [6, 6.07) is 9.22. The average Bonchev–Trinajstić information content (AvgIpc) is 2.55. The number of non-ortho nitro benzene ring substituents is 2. The zero-order valence-corrected chi connectivity index (χ0v) is 13.6. The van der Waals surface area contributed by atoms with E-state index in [1.54, 1.807) is 0 Å². The van der Waals surface area contributed by atoms with Gasteiger partial charge < -0.3 is 10.1 Å². The van der Waals surface area contributed by atoms with Crippen LogP contribution in [0.1, 0.15) is 0 Å². The van der Waals surface area contributed by atoms with Crippen LogP contribution in [0.3, 0.4) is 0 Å². The second-order valence-electron chi connectivity index (χ2n) is 4.51. The normalized spacial score (nSPS) is 10.0. The van der Waals surface area contributed by atoms with Crippen molar-refractivity contribution < 1.29 is 19.4 Å². The topological polar surface area (TPSA) is 125 Å². The first-order valence-corrected chi connectivity index (χ1v) is 7.27. The molecular formula is C14H10BrN3O6. The highest BCUT2D eigenvalue weighted by molar-refractivity contribution is 9.10. The van der Waals surface area contributed by atoms with Crippen molar-refractivity contribution in [2.75, 3.05) is 11.9 Å². The van der Waals surface area contributed by atoms with Crippen LogP contribution in [0.25, 0.3) is 0 Å². The molecule has 1 amide bonds. The van der Waals surface area contributed by atoms with E-state index in [0.29, 0.717) is 15.9 Å². The van der Waals surface area contributed by atoms with Crippen LogP contribution >= 0.6 is 15.9 Å². The molecule has 10 heteroatoms. The predicted molar refractivity (Wildman–Crippen MR) is 88.0 cm³/mol. The van der Waals surface area contributed by atoms with E-state index >= 15 is 0 Å². The Hall–Kier alpha value is -3.01. The van der Waals surface area contributed by atoms with Gasteiger partial charge in [0.15, 0.2) is 6.61 Å². The average molecular weight is 396 g/mol. The van der Waals surface area contributed by atoms with E-state index in [-0.39, 0.29) is 18.0 Å². The maximum absolute atomic E-state index is 11.8. The Balaban J connectivity index is 1.93. The van der Waals surface area contributed by atoms with Gasteiger partial charge in [0.2, 0.25) is 0 Å². The third-order valence-corrected chi connectivity index (χ3v) is 3.51. The second kappa shape index (κ2) is 7.51. The number of nitro groups is 2. The summed E-state index contributed by atoms with van der Waals surface area (Å²) in [6.45, 7) is -0.318. The minimum Gasteiger partial charge on any atom is -0.484 e. The first-order valence-electron chi connectivity index (χ1n) is 6.48. The summed E-state index contributed by atoms with van der Waals surface area (Å²) in [6.07, 6.45) is 0. The van der Waals surface area contributed by atoms with Crippen LogP contribution in [-0.2, 0) is 4.79 Å². The molecule has 0 saturated heterocycles. The largest absolute Gasteiger partial charge is 0.484 e. The minimum absolute atomic E-state index is 0.0818. The minimum atomic E-state index is -0.548. The predicted octanol–water partition coefficient (Wildman–Crippen LogP) is 3.28. The molecule has 9 nitrogen and oxygen atoms in total. The Kier molecular flexibility index (Phi) is 5.42. The fraction of sp³-hybridized carbons (Fsp3) is 0.0714. The van der Waals surface area contributed by atoms with Crippen LogP contribution in [0.4, 0.5) is 17.1 Å². The van der Waals surface area contributed by atoms with Gasteiger partial charge in [-0.2, -0.15) is 0 Å². The first kappa shape index (κ1) is 17.3. The molecule has 0 unspecified atom stereocenters. The van der Waals surface area contributed by atoms with Crippen molar-refractivity contribution in [3.8, 4) is 5.75 Å². The number of benzene rings is 2. The fourth-order valence-corrected chi connectivity index (χ4v) is 2.18. The SMILES string of the molecule is O=C(COc1ccc([N+](=O)[O-])cc1)Nc1ccc([N+](=O)[O-])cc1Br. The number of hydrogen-bond donors (Lipinski definition) is 1. The van der Waals surface area contributed by atoms with Gasteiger partial charge in [0.1, 0.15) is 5.75 Å². The summed E-state index contributed by atoms with van der Waals surface area (Å²) in [5.74, 6) is -0.179. The summed E-state index contributed by atoms with van der Waals surface area (Å²) < 4.78 is 5.58. The molecule has 0 aliphatic carbocycles. The molecule has 0 saturated carbocycles. The third kappa shape index (κ3) is 4.49. The second-order valence-corrected chi connectivity index (χ2v) is 5.36. The summed E-state index contributed by atoms with van der Waals surface area (Å²) in [5, 5.41) is 23.7. The number of nitrogens with one attached hydrogen (secondary N) is 1. The number of ether oxygens (including phenoxy) is 1. The van der Waals surface area contributed by atoms with Gasteiger partial charge in [-0.3, -0.25) is 25.0 Å². The van der Waals surface area contributed by atoms with Gasteiger partial charge in [0.25, 0.3) is 17.3 Å². The molecule has 0 heterocycles. The summed E-state index contributed by atoms with van der Waals surface area (Å²) in [5.41, 5.74) is 0.168. The number of carbonyl (C=O) groups excluding carboxylic acids is 1. The lowest BCUT2D eigenvalue weighted by atomic mass is 10.3. The van der Waals surface area contributed by atoms with E-state index in [1.807, 2.05) is 0 Å². The Morgan fingerprint density at radius 2 is 1.62 bits per heavy atom. The molecule has 2 aromatic rings. The molecule has 0 bridgehead atoms. The maximum atomic E-state index is 11.8. The number of rotatable bonds is 6. The van der Waals surface area contributed by atoms with Crippen molar-refractivity contribution in [1.29, 1.82) is 0 Å². The Labute approximate surface area is 143 Å². The highest BCUT2D eigenvalue weighted by Crippen LogP contribution is 2.27. The summed E-state index contributed by atoms with van der Waals surface area (Å²) in [7, 11) is 0. The zero-order chi connectivity index (χ0) is 17.7. The van der Waals surface area contributed by atoms with Crippen LogP contribution in [0, 0.1) is 20.2 Å². The van der Waals surface area contributed by atoms with E-state index in [2.05, 4.69) is 21.2 Å². The highest BCUT2D eigenvalue weighted by Gasteiger charge is 2.12. The molecular weight excluding hydrogens is 386 g/mol. The van der Waals surface area contributed by atoms with Crippen LogP contribution in [-0.4, -0.2) is 22.4 Å². The standard InChI is InChI=1S/C14H10BrN3O6/c15-12-7-10(18(22)23)3-6-13(12)16-14(19)8-24-11-4-1-9(2-5-11)17(20)21/h1-7H,8H2,(H,16,19). The quantitative estimate of drug-likeness (QED) is 0.590. The lowest BCUT2D eigenvalue weighted by molar-refractivity contribution is -0.385. The Morgan fingerprint density at radius 3 is 2.17 bits per heavy atom. The van der Waals surface area contributed by atoms with Crippen LogP contribution in [0.2, 0.25) is 0 Å². The van der Waals surface area contributed by atoms with E-state index in [1.165, 1.54) is 42.5 Å². The lowest BCUT2D eigenvalue weighted by Gasteiger charge is -2.08. The molecule has 0 aliphatic rings. The highest BCUT2D eigenvalue weighted by atomic mass is 79.9. The van der Waals surface area contributed by atoms with Crippen molar-refractivity contribution in [3.05, 3.63) is 67.2 Å². The van der Waals surface area contributed by atoms with Crippen LogP contribution < -0.4 is 10.1 Å². The van der Waals surface area contributed by atoms with Crippen molar-refractivity contribution in [3.63, 3.8) is 0 Å². The van der Waals surface area contributed by atoms with Gasteiger partial charge >= 0.3 is 0 Å². The number of halogens is 1. The van der Waals surface area contributed by atoms with Gasteiger partial charge in [-0.05, 0) is 34.1 Å². The lowest BCUT2D eigenvalue weighted by Crippen LogP contribution is -2.20. The van der Waals surface area contributed by atoms with E-state index in [9.17, 15) is 25.0 Å². The number of carbonyl (C=O) groups is 1. The van der Waals surface area contributed by atoms with Crippen molar-refractivity contribution in [2.24, 2.45) is 0 Å². The molecule has 0 fully saturated rings. The number of hydrogen-bond acceptors (Lipinski definition) is 6. The molecule has 1 N–H and O–H groups in total. The zero-order valence-electron chi connectivity index (χ0n) is 12.0. The molecule has 2 rings (SSSR count). The third-order valence-electron chi connectivity index (χ3n) is 2.86. The monoisotopic (exact) mass is 395 g/mol. The van der Waals surface area contributed by atoms with Gasteiger partial charge in [-0.25, -0.2) is 0 Å². The smallest absolute Gasteiger partial charge is 0.270 e. The van der Waals surface area contributed by atoms with E-state index < -0.39 is 15.8 Å². The van der Waals surface area contributed by atoms with Crippen molar-refractivity contribution in [2.45, 2.75) is 0 Å². The fourth-order valence-electron chi connectivity index (χ4n) is 1.72. The Morgan fingerprint density at radius 1 is 1.04 bits per heavy atom.